The van der Waals surface area contributed by atoms with Gasteiger partial charge in [0.25, 0.3) is 0 Å². The third-order valence-electron chi connectivity index (χ3n) is 9.47. The van der Waals surface area contributed by atoms with E-state index >= 15 is 0 Å². The number of rotatable bonds is 7. The highest BCUT2D eigenvalue weighted by atomic mass is 32.2. The maximum Gasteiger partial charge on any atom is 0.416 e. The van der Waals surface area contributed by atoms with Gasteiger partial charge in [-0.2, -0.15) is 17.5 Å². The molecule has 1 N–H and O–H groups in total. The van der Waals surface area contributed by atoms with Crippen LogP contribution in [0.15, 0.2) is 66.0 Å². The van der Waals surface area contributed by atoms with E-state index in [9.17, 15) is 21.6 Å². The summed E-state index contributed by atoms with van der Waals surface area (Å²) in [6.45, 7) is 0.970. The molecule has 10 heteroatoms. The largest absolute Gasteiger partial charge is 0.416 e. The number of nitrogens with zero attached hydrogens (tertiary/aromatic N) is 3. The van der Waals surface area contributed by atoms with Crippen LogP contribution in [0.3, 0.4) is 0 Å². The standard InChI is InChI=1S/C30H35F3N4O2S/c31-30(32,33)24-5-7-27(8-6-24)40(38,39)36-18-23-3-1-2-4-28(23)37(19-25-17-34-21-35-25)26(20-36)12-16-29-13-9-22(10-14-29)11-15-29/h1-8,17,21-22,26H,9-16,18-20H2,(H,34,35). The number of imidazole rings is 1. The lowest BCUT2D eigenvalue weighted by atomic mass is 9.59. The Morgan fingerprint density at radius 2 is 1.70 bits per heavy atom. The van der Waals surface area contributed by atoms with Crippen LogP contribution >= 0.6 is 0 Å². The van der Waals surface area contributed by atoms with Gasteiger partial charge >= 0.3 is 6.18 Å². The summed E-state index contributed by atoms with van der Waals surface area (Å²) >= 11 is 0. The number of benzene rings is 2. The highest BCUT2D eigenvalue weighted by molar-refractivity contribution is 7.89. The number of sulfonamides is 1. The van der Waals surface area contributed by atoms with Crippen molar-refractivity contribution < 1.29 is 21.6 Å². The van der Waals surface area contributed by atoms with E-state index in [4.69, 9.17) is 0 Å². The van der Waals surface area contributed by atoms with Crippen molar-refractivity contribution in [2.45, 2.75) is 81.6 Å². The van der Waals surface area contributed by atoms with Crippen molar-refractivity contribution in [2.24, 2.45) is 11.3 Å². The van der Waals surface area contributed by atoms with Crippen LogP contribution in [0.25, 0.3) is 0 Å². The molecule has 3 aliphatic carbocycles. The van der Waals surface area contributed by atoms with Crippen molar-refractivity contribution in [3.05, 3.63) is 77.9 Å². The fourth-order valence-electron chi connectivity index (χ4n) is 7.06. The van der Waals surface area contributed by atoms with E-state index in [2.05, 4.69) is 14.9 Å². The molecule has 6 nitrogen and oxygen atoms in total. The number of fused-ring (bicyclic) bond motifs is 4. The van der Waals surface area contributed by atoms with Crippen LogP contribution in [0, 0.1) is 11.3 Å². The smallest absolute Gasteiger partial charge is 0.361 e. The molecule has 0 radical (unpaired) electrons. The number of alkyl halides is 3. The molecule has 0 spiro atoms. The van der Waals surface area contributed by atoms with Crippen LogP contribution < -0.4 is 4.90 Å². The van der Waals surface area contributed by atoms with E-state index in [1.807, 2.05) is 24.3 Å². The third-order valence-corrected chi connectivity index (χ3v) is 11.3. The molecular weight excluding hydrogens is 537 g/mol. The fourth-order valence-corrected chi connectivity index (χ4v) is 8.52. The average molecular weight is 573 g/mol. The SMILES string of the molecule is O=S(=O)(c1ccc(C(F)(F)F)cc1)N1Cc2ccccc2N(Cc2cnc[nH]2)C(CCC23CCC(CC2)CC3)C1. The summed E-state index contributed by atoms with van der Waals surface area (Å²) in [6, 6.07) is 11.6. The fraction of sp³-hybridized carbons (Fsp3) is 0.500. The Balaban J connectivity index is 1.34. The molecule has 2 bridgehead atoms. The van der Waals surface area contributed by atoms with Gasteiger partial charge in [-0.25, -0.2) is 13.4 Å². The summed E-state index contributed by atoms with van der Waals surface area (Å²) in [6.07, 6.45) is 8.40. The Morgan fingerprint density at radius 3 is 2.35 bits per heavy atom. The van der Waals surface area contributed by atoms with Gasteiger partial charge in [-0.1, -0.05) is 18.2 Å². The Bertz CT molecular complexity index is 1400. The van der Waals surface area contributed by atoms with E-state index in [1.165, 1.54) is 42.8 Å². The lowest BCUT2D eigenvalue weighted by Crippen LogP contribution is -2.44. The molecule has 1 unspecified atom stereocenters. The molecule has 3 aromatic rings. The zero-order chi connectivity index (χ0) is 28.0. The Kier molecular flexibility index (Phi) is 7.19. The number of hydrogen-bond donors (Lipinski definition) is 1. The Morgan fingerprint density at radius 1 is 1.00 bits per heavy atom. The van der Waals surface area contributed by atoms with Crippen molar-refractivity contribution in [3.8, 4) is 0 Å². The van der Waals surface area contributed by atoms with Gasteiger partial charge in [0.05, 0.1) is 29.0 Å². The zero-order valence-electron chi connectivity index (χ0n) is 22.4. The van der Waals surface area contributed by atoms with Crippen molar-refractivity contribution in [1.82, 2.24) is 14.3 Å². The highest BCUT2D eigenvalue weighted by Gasteiger charge is 2.42. The van der Waals surface area contributed by atoms with E-state index in [0.29, 0.717) is 12.0 Å². The number of hydrogen-bond acceptors (Lipinski definition) is 4. The zero-order valence-corrected chi connectivity index (χ0v) is 23.2. The molecule has 2 aromatic carbocycles. The van der Waals surface area contributed by atoms with Crippen LogP contribution in [0.2, 0.25) is 0 Å². The first-order valence-electron chi connectivity index (χ1n) is 14.1. The summed E-state index contributed by atoms with van der Waals surface area (Å²) in [5.74, 6) is 0.868. The molecule has 1 aromatic heterocycles. The van der Waals surface area contributed by atoms with Crippen molar-refractivity contribution in [3.63, 3.8) is 0 Å². The molecule has 2 heterocycles. The van der Waals surface area contributed by atoms with E-state index < -0.39 is 21.8 Å². The van der Waals surface area contributed by atoms with E-state index in [-0.39, 0.29) is 24.0 Å². The number of aromatic amines is 1. The summed E-state index contributed by atoms with van der Waals surface area (Å²) in [4.78, 5) is 9.57. The van der Waals surface area contributed by atoms with Crippen LogP contribution in [-0.4, -0.2) is 35.3 Å². The van der Waals surface area contributed by atoms with Crippen LogP contribution in [0.1, 0.15) is 68.2 Å². The van der Waals surface area contributed by atoms with Gasteiger partial charge in [0.2, 0.25) is 10.0 Å². The van der Waals surface area contributed by atoms with Gasteiger partial charge in [-0.15, -0.1) is 0 Å². The summed E-state index contributed by atoms with van der Waals surface area (Å²) in [5.41, 5.74) is 2.26. The molecule has 3 fully saturated rings. The van der Waals surface area contributed by atoms with Crippen molar-refractivity contribution in [1.29, 1.82) is 0 Å². The van der Waals surface area contributed by atoms with Gasteiger partial charge < -0.3 is 9.88 Å². The lowest BCUT2D eigenvalue weighted by molar-refractivity contribution is -0.137. The number of H-pyrrole nitrogens is 1. The molecule has 40 heavy (non-hydrogen) atoms. The maximum atomic E-state index is 13.9. The molecule has 4 aliphatic rings. The minimum Gasteiger partial charge on any atom is -0.361 e. The van der Waals surface area contributed by atoms with Crippen LogP contribution in [0.4, 0.5) is 18.9 Å². The van der Waals surface area contributed by atoms with Crippen LogP contribution in [-0.2, 0) is 29.3 Å². The van der Waals surface area contributed by atoms with Crippen molar-refractivity contribution in [2.75, 3.05) is 11.4 Å². The summed E-state index contributed by atoms with van der Waals surface area (Å²) in [5, 5.41) is 0. The number of halogens is 3. The topological polar surface area (TPSA) is 69.3 Å². The summed E-state index contributed by atoms with van der Waals surface area (Å²) < 4.78 is 68.8. The first-order valence-corrected chi connectivity index (χ1v) is 15.6. The normalized spacial score (nSPS) is 25.5. The number of para-hydroxylation sites is 1. The maximum absolute atomic E-state index is 13.9. The number of aromatic nitrogens is 2. The molecule has 0 saturated heterocycles. The Labute approximate surface area is 233 Å². The van der Waals surface area contributed by atoms with Gasteiger partial charge in [-0.05, 0) is 98.6 Å². The van der Waals surface area contributed by atoms with E-state index in [1.54, 1.807) is 12.5 Å². The second-order valence-corrected chi connectivity index (χ2v) is 13.8. The van der Waals surface area contributed by atoms with Gasteiger partial charge in [0.15, 0.2) is 0 Å². The molecular formula is C30H35F3N4O2S. The second kappa shape index (κ2) is 10.5. The molecule has 1 aliphatic heterocycles. The molecule has 7 rings (SSSR count). The third kappa shape index (κ3) is 5.40. The van der Waals surface area contributed by atoms with Crippen LogP contribution in [0.5, 0.6) is 0 Å². The van der Waals surface area contributed by atoms with Gasteiger partial charge in [-0.3, -0.25) is 0 Å². The first kappa shape index (κ1) is 27.3. The lowest BCUT2D eigenvalue weighted by Gasteiger charge is -2.48. The second-order valence-electron chi connectivity index (χ2n) is 11.8. The number of anilines is 1. The number of nitrogens with one attached hydrogen (secondary N) is 1. The van der Waals surface area contributed by atoms with Gasteiger partial charge in [0, 0.05) is 31.0 Å². The molecule has 214 valence electrons. The van der Waals surface area contributed by atoms with E-state index in [0.717, 1.165) is 60.0 Å². The Hall–Kier alpha value is -2.85. The minimum atomic E-state index is -4.53. The molecule has 0 amide bonds. The molecule has 1 atom stereocenters. The minimum absolute atomic E-state index is 0.106. The predicted octanol–water partition coefficient (Wildman–Crippen LogP) is 6.76. The average Bonchev–Trinajstić information content (AvgIpc) is 3.42. The first-order chi connectivity index (χ1) is 19.1. The van der Waals surface area contributed by atoms with Crippen molar-refractivity contribution >= 4 is 15.7 Å². The predicted molar refractivity (Wildman–Crippen MR) is 147 cm³/mol. The molecule has 3 saturated carbocycles. The quantitative estimate of drug-likeness (QED) is 0.340. The summed E-state index contributed by atoms with van der Waals surface area (Å²) in [7, 11) is -4.05. The highest BCUT2D eigenvalue weighted by Crippen LogP contribution is 2.53. The van der Waals surface area contributed by atoms with Gasteiger partial charge in [0.1, 0.15) is 0 Å². The monoisotopic (exact) mass is 572 g/mol.